The lowest BCUT2D eigenvalue weighted by atomic mass is 9.88. The molecule has 2 saturated carbocycles. The highest BCUT2D eigenvalue weighted by Gasteiger charge is 2.62. The van der Waals surface area contributed by atoms with Gasteiger partial charge in [0, 0.05) is 5.92 Å². The van der Waals surface area contributed by atoms with Crippen LogP contribution < -0.4 is 0 Å². The second-order valence-corrected chi connectivity index (χ2v) is 5.12. The lowest BCUT2D eigenvalue weighted by Crippen LogP contribution is -2.35. The van der Waals surface area contributed by atoms with Crippen LogP contribution in [0.3, 0.4) is 0 Å². The van der Waals surface area contributed by atoms with Crippen LogP contribution in [0.5, 0.6) is 0 Å². The molecule has 5 atom stereocenters. The van der Waals surface area contributed by atoms with Gasteiger partial charge in [-0.1, -0.05) is 0 Å². The third kappa shape index (κ3) is 1.80. The van der Waals surface area contributed by atoms with Gasteiger partial charge in [-0.3, -0.25) is 4.79 Å². The second kappa shape index (κ2) is 4.51. The van der Waals surface area contributed by atoms with Crippen LogP contribution in [0.4, 0.5) is 0 Å². The first kappa shape index (κ1) is 11.9. The lowest BCUT2D eigenvalue weighted by molar-refractivity contribution is -0.152. The third-order valence-corrected chi connectivity index (χ3v) is 4.20. The molecule has 2 bridgehead atoms. The van der Waals surface area contributed by atoms with Gasteiger partial charge in [0.1, 0.15) is 19.3 Å². The molecule has 4 unspecified atom stereocenters. The molecule has 0 aromatic carbocycles. The Balaban J connectivity index is 1.47. The van der Waals surface area contributed by atoms with Crippen LogP contribution in [0.15, 0.2) is 0 Å². The standard InChI is InChI=1S/C12H16O6/c13-5-9(14)16-1-2-17-10-6-3-7-8(4-6)12(15)18-11(7)10/h6-8,10-11,13H,1-5H2/t6?,7?,8?,10-,11?/m1/s1. The zero-order valence-corrected chi connectivity index (χ0v) is 9.91. The molecular weight excluding hydrogens is 240 g/mol. The molecule has 0 aromatic heterocycles. The number of aliphatic hydroxyl groups excluding tert-OH is 1. The first-order valence-electron chi connectivity index (χ1n) is 6.29. The van der Waals surface area contributed by atoms with Crippen molar-refractivity contribution in [3.8, 4) is 0 Å². The molecule has 3 rings (SSSR count). The smallest absolute Gasteiger partial charge is 0.331 e. The molecule has 2 aliphatic carbocycles. The molecule has 0 radical (unpaired) electrons. The molecule has 1 heterocycles. The summed E-state index contributed by atoms with van der Waals surface area (Å²) in [6.45, 7) is -0.217. The van der Waals surface area contributed by atoms with Crippen molar-refractivity contribution in [1.29, 1.82) is 0 Å². The Kier molecular flexibility index (Phi) is 2.99. The van der Waals surface area contributed by atoms with E-state index in [1.165, 1.54) is 0 Å². The number of fused-ring (bicyclic) bond motifs is 1. The van der Waals surface area contributed by atoms with E-state index in [1.807, 2.05) is 0 Å². The summed E-state index contributed by atoms with van der Waals surface area (Å²) >= 11 is 0. The Morgan fingerprint density at radius 3 is 3.00 bits per heavy atom. The highest BCUT2D eigenvalue weighted by molar-refractivity contribution is 5.76. The average molecular weight is 256 g/mol. The summed E-state index contributed by atoms with van der Waals surface area (Å²) in [7, 11) is 0. The molecule has 0 amide bonds. The maximum absolute atomic E-state index is 11.5. The Bertz CT molecular complexity index is 368. The maximum atomic E-state index is 11.5. The van der Waals surface area contributed by atoms with Gasteiger partial charge in [-0.2, -0.15) is 0 Å². The predicted molar refractivity (Wildman–Crippen MR) is 57.4 cm³/mol. The minimum absolute atomic E-state index is 0.0504. The van der Waals surface area contributed by atoms with Crippen LogP contribution in [0, 0.1) is 17.8 Å². The number of ether oxygens (including phenoxy) is 3. The molecule has 1 aliphatic heterocycles. The number of rotatable bonds is 5. The fourth-order valence-corrected chi connectivity index (χ4v) is 3.52. The van der Waals surface area contributed by atoms with E-state index in [9.17, 15) is 9.59 Å². The quantitative estimate of drug-likeness (QED) is 0.527. The van der Waals surface area contributed by atoms with Crippen molar-refractivity contribution in [3.05, 3.63) is 0 Å². The molecule has 1 saturated heterocycles. The summed E-state index contributed by atoms with van der Waals surface area (Å²) in [6.07, 6.45) is 1.71. The molecule has 18 heavy (non-hydrogen) atoms. The Morgan fingerprint density at radius 1 is 1.39 bits per heavy atom. The van der Waals surface area contributed by atoms with Gasteiger partial charge >= 0.3 is 11.9 Å². The van der Waals surface area contributed by atoms with Crippen LogP contribution in [0.25, 0.3) is 0 Å². The van der Waals surface area contributed by atoms with Crippen LogP contribution in [0.2, 0.25) is 0 Å². The third-order valence-electron chi connectivity index (χ3n) is 4.20. The topological polar surface area (TPSA) is 82.1 Å². The van der Waals surface area contributed by atoms with Crippen molar-refractivity contribution in [2.45, 2.75) is 25.0 Å². The van der Waals surface area contributed by atoms with Crippen molar-refractivity contribution >= 4 is 11.9 Å². The monoisotopic (exact) mass is 256 g/mol. The number of hydrogen-bond donors (Lipinski definition) is 1. The summed E-state index contributed by atoms with van der Waals surface area (Å²) in [4.78, 5) is 22.2. The maximum Gasteiger partial charge on any atom is 0.331 e. The van der Waals surface area contributed by atoms with E-state index in [0.717, 1.165) is 12.8 Å². The number of carbonyl (C=O) groups excluding carboxylic acids is 2. The van der Waals surface area contributed by atoms with Gasteiger partial charge in [0.05, 0.1) is 18.6 Å². The SMILES string of the molecule is O=C(CO)OCCO[C@@H]1C2CC3C(=O)OC1C3C2. The summed E-state index contributed by atoms with van der Waals surface area (Å²) in [5, 5.41) is 8.47. The van der Waals surface area contributed by atoms with Gasteiger partial charge in [0.15, 0.2) is 0 Å². The fraction of sp³-hybridized carbons (Fsp3) is 0.833. The second-order valence-electron chi connectivity index (χ2n) is 5.12. The van der Waals surface area contributed by atoms with E-state index >= 15 is 0 Å². The van der Waals surface area contributed by atoms with Crippen LogP contribution >= 0.6 is 0 Å². The number of carbonyl (C=O) groups is 2. The van der Waals surface area contributed by atoms with Gasteiger partial charge in [0.25, 0.3) is 0 Å². The molecule has 100 valence electrons. The Morgan fingerprint density at radius 2 is 2.22 bits per heavy atom. The van der Waals surface area contributed by atoms with Crippen molar-refractivity contribution in [2.75, 3.05) is 19.8 Å². The number of aliphatic hydroxyl groups is 1. The highest BCUT2D eigenvalue weighted by atomic mass is 16.6. The minimum Gasteiger partial charge on any atom is -0.462 e. The lowest BCUT2D eigenvalue weighted by Gasteiger charge is -2.25. The van der Waals surface area contributed by atoms with Crippen molar-refractivity contribution in [3.63, 3.8) is 0 Å². The van der Waals surface area contributed by atoms with Crippen LogP contribution in [-0.4, -0.2) is 49.1 Å². The predicted octanol–water partition coefficient (Wildman–Crippen LogP) is -0.512. The van der Waals surface area contributed by atoms with Crippen LogP contribution in [-0.2, 0) is 23.8 Å². The van der Waals surface area contributed by atoms with Gasteiger partial charge in [-0.15, -0.1) is 0 Å². The summed E-state index contributed by atoms with van der Waals surface area (Å²) in [5.41, 5.74) is 0. The van der Waals surface area contributed by atoms with Crippen LogP contribution in [0.1, 0.15) is 12.8 Å². The molecule has 6 heteroatoms. The zero-order chi connectivity index (χ0) is 12.7. The largest absolute Gasteiger partial charge is 0.462 e. The van der Waals surface area contributed by atoms with Crippen molar-refractivity contribution < 1.29 is 28.9 Å². The molecule has 3 aliphatic rings. The van der Waals surface area contributed by atoms with Gasteiger partial charge in [-0.25, -0.2) is 4.79 Å². The summed E-state index contributed by atoms with van der Waals surface area (Å²) < 4.78 is 15.7. The first-order valence-corrected chi connectivity index (χ1v) is 6.29. The fourth-order valence-electron chi connectivity index (χ4n) is 3.52. The molecule has 1 N–H and O–H groups in total. The molecule has 3 fully saturated rings. The van der Waals surface area contributed by atoms with E-state index in [1.54, 1.807) is 0 Å². The normalized spacial score (nSPS) is 40.1. The molecule has 6 nitrogen and oxygen atoms in total. The van der Waals surface area contributed by atoms with Crippen molar-refractivity contribution in [2.24, 2.45) is 17.8 Å². The van der Waals surface area contributed by atoms with E-state index in [0.29, 0.717) is 11.8 Å². The van der Waals surface area contributed by atoms with Gasteiger partial charge in [-0.05, 0) is 18.8 Å². The van der Waals surface area contributed by atoms with E-state index in [4.69, 9.17) is 19.3 Å². The summed E-state index contributed by atoms with van der Waals surface area (Å²) in [6, 6.07) is 0. The average Bonchev–Trinajstić information content (AvgIpc) is 2.97. The minimum atomic E-state index is -0.654. The number of esters is 2. The molecule has 0 aromatic rings. The Labute approximate surface area is 104 Å². The Hall–Kier alpha value is -1.14. The van der Waals surface area contributed by atoms with E-state index in [2.05, 4.69) is 0 Å². The summed E-state index contributed by atoms with van der Waals surface area (Å²) in [5.74, 6) is 0.0776. The van der Waals surface area contributed by atoms with E-state index in [-0.39, 0.29) is 37.3 Å². The zero-order valence-electron chi connectivity index (χ0n) is 9.91. The van der Waals surface area contributed by atoms with Crippen molar-refractivity contribution in [1.82, 2.24) is 0 Å². The number of hydrogen-bond acceptors (Lipinski definition) is 6. The highest BCUT2D eigenvalue weighted by Crippen LogP contribution is 2.55. The van der Waals surface area contributed by atoms with Gasteiger partial charge in [0.2, 0.25) is 0 Å². The van der Waals surface area contributed by atoms with Gasteiger partial charge < -0.3 is 19.3 Å². The molecule has 0 spiro atoms. The first-order chi connectivity index (χ1) is 8.70. The molecular formula is C12H16O6. The van der Waals surface area contributed by atoms with E-state index < -0.39 is 12.6 Å².